The predicted octanol–water partition coefficient (Wildman–Crippen LogP) is 0.398. The van der Waals surface area contributed by atoms with Crippen molar-refractivity contribution in [2.45, 2.75) is 96.3 Å². The first-order chi connectivity index (χ1) is 21.1. The van der Waals surface area contributed by atoms with Crippen LogP contribution in [0.15, 0.2) is 30.3 Å². The molecule has 1 rings (SSSR count). The highest BCUT2D eigenvalue weighted by Crippen LogP contribution is 2.11. The van der Waals surface area contributed by atoms with Crippen LogP contribution < -0.4 is 21.3 Å². The maximum atomic E-state index is 13.3. The van der Waals surface area contributed by atoms with E-state index in [1.165, 1.54) is 0 Å². The molecule has 1 unspecified atom stereocenters. The van der Waals surface area contributed by atoms with Gasteiger partial charge in [-0.15, -0.1) is 0 Å². The lowest BCUT2D eigenvalue weighted by molar-refractivity contribution is -0.142. The Kier molecular flexibility index (Phi) is 16.5. The zero-order chi connectivity index (χ0) is 34.1. The maximum Gasteiger partial charge on any atom is 0.305 e. The van der Waals surface area contributed by atoms with E-state index >= 15 is 0 Å². The van der Waals surface area contributed by atoms with Crippen LogP contribution in [0.4, 0.5) is 0 Å². The lowest BCUT2D eigenvalue weighted by Gasteiger charge is -2.26. The van der Waals surface area contributed by atoms with Crippen molar-refractivity contribution in [3.63, 3.8) is 0 Å². The number of rotatable bonds is 21. The van der Waals surface area contributed by atoms with E-state index in [2.05, 4.69) is 21.3 Å². The molecule has 7 N–H and O–H groups in total. The zero-order valence-electron chi connectivity index (χ0n) is 25.5. The minimum absolute atomic E-state index is 0.0105. The first-order valence-electron chi connectivity index (χ1n) is 14.5. The predicted molar refractivity (Wildman–Crippen MR) is 159 cm³/mol. The van der Waals surface area contributed by atoms with Crippen LogP contribution in [0.3, 0.4) is 0 Å². The van der Waals surface area contributed by atoms with Gasteiger partial charge in [0.25, 0.3) is 0 Å². The Morgan fingerprint density at radius 1 is 0.644 bits per heavy atom. The second-order valence-corrected chi connectivity index (χ2v) is 11.0. The van der Waals surface area contributed by atoms with Gasteiger partial charge in [-0.1, -0.05) is 44.2 Å². The Bertz CT molecular complexity index is 1200. The number of ketones is 1. The number of carbonyl (C=O) groups is 8. The molecule has 0 saturated heterocycles. The van der Waals surface area contributed by atoms with Gasteiger partial charge in [-0.2, -0.15) is 0 Å². The summed E-state index contributed by atoms with van der Waals surface area (Å²) in [6.45, 7) is 4.53. The van der Waals surface area contributed by atoms with Crippen LogP contribution >= 0.6 is 0 Å². The van der Waals surface area contributed by atoms with Crippen molar-refractivity contribution in [3.05, 3.63) is 35.9 Å². The molecule has 0 aliphatic rings. The van der Waals surface area contributed by atoms with E-state index in [0.29, 0.717) is 12.8 Å². The van der Waals surface area contributed by atoms with Gasteiger partial charge in [-0.25, -0.2) is 0 Å². The molecule has 0 fully saturated rings. The topological polar surface area (TPSA) is 245 Å². The second-order valence-electron chi connectivity index (χ2n) is 11.0. The number of benzene rings is 1. The van der Waals surface area contributed by atoms with E-state index in [0.717, 1.165) is 12.5 Å². The molecule has 248 valence electrons. The summed E-state index contributed by atoms with van der Waals surface area (Å²) in [7, 11) is 0. The molecule has 4 amide bonds. The Balaban J connectivity index is 3.10. The molecule has 1 aromatic rings. The largest absolute Gasteiger partial charge is 0.481 e. The van der Waals surface area contributed by atoms with E-state index in [-0.39, 0.29) is 18.8 Å². The van der Waals surface area contributed by atoms with Crippen molar-refractivity contribution in [1.82, 2.24) is 21.3 Å². The summed E-state index contributed by atoms with van der Waals surface area (Å²) in [5.74, 6) is -8.37. The van der Waals surface area contributed by atoms with Crippen molar-refractivity contribution in [2.24, 2.45) is 5.92 Å². The smallest absolute Gasteiger partial charge is 0.305 e. The van der Waals surface area contributed by atoms with E-state index < -0.39 is 97.2 Å². The van der Waals surface area contributed by atoms with Crippen LogP contribution in [0.1, 0.15) is 71.3 Å². The molecule has 0 radical (unpaired) electrons. The second kappa shape index (κ2) is 19.5. The van der Waals surface area contributed by atoms with Crippen molar-refractivity contribution in [3.8, 4) is 0 Å². The minimum atomic E-state index is -1.57. The Morgan fingerprint density at radius 2 is 1.16 bits per heavy atom. The van der Waals surface area contributed by atoms with Crippen molar-refractivity contribution in [2.75, 3.05) is 0 Å². The first-order valence-corrected chi connectivity index (χ1v) is 14.5. The number of carboxylic acid groups (broad SMARTS) is 3. The highest BCUT2D eigenvalue weighted by atomic mass is 16.4. The van der Waals surface area contributed by atoms with Gasteiger partial charge in [-0.05, 0) is 37.2 Å². The van der Waals surface area contributed by atoms with Gasteiger partial charge < -0.3 is 36.6 Å². The molecule has 0 spiro atoms. The first kappa shape index (κ1) is 38.2. The molecular weight excluding hydrogens is 592 g/mol. The number of hydrogen-bond acceptors (Lipinski definition) is 8. The number of amides is 4. The summed E-state index contributed by atoms with van der Waals surface area (Å²) in [6.07, 6.45) is -1.54. The van der Waals surface area contributed by atoms with Gasteiger partial charge in [0.15, 0.2) is 5.78 Å². The lowest BCUT2D eigenvalue weighted by atomic mass is 9.99. The summed E-state index contributed by atoms with van der Waals surface area (Å²) in [4.78, 5) is 97.7. The van der Waals surface area contributed by atoms with Crippen LogP contribution in [0.25, 0.3) is 0 Å². The molecule has 0 aliphatic heterocycles. The summed E-state index contributed by atoms with van der Waals surface area (Å²) < 4.78 is 0. The average molecular weight is 635 g/mol. The number of nitrogens with one attached hydrogen (secondary N) is 4. The molecule has 0 heterocycles. The molecule has 1 aromatic carbocycles. The molecule has 0 aromatic heterocycles. The zero-order valence-corrected chi connectivity index (χ0v) is 25.5. The Hall–Kier alpha value is -4.82. The van der Waals surface area contributed by atoms with Gasteiger partial charge in [0.2, 0.25) is 23.6 Å². The fourth-order valence-electron chi connectivity index (χ4n) is 4.39. The monoisotopic (exact) mass is 634 g/mol. The van der Waals surface area contributed by atoms with Gasteiger partial charge in [-0.3, -0.25) is 38.4 Å². The normalized spacial score (nSPS) is 13.4. The summed E-state index contributed by atoms with van der Waals surface area (Å²) >= 11 is 0. The molecule has 4 atom stereocenters. The highest BCUT2D eigenvalue weighted by molar-refractivity contribution is 5.97. The summed E-state index contributed by atoms with van der Waals surface area (Å²) in [5.41, 5.74) is 0.986. The third-order valence-corrected chi connectivity index (χ3v) is 6.51. The van der Waals surface area contributed by atoms with Crippen LogP contribution in [0.2, 0.25) is 0 Å². The molecular formula is C30H42N4O11. The minimum Gasteiger partial charge on any atom is -0.481 e. The third kappa shape index (κ3) is 16.0. The number of Topliss-reactive ketones (excluding diaryl/α,β-unsaturated/α-hetero) is 1. The summed E-state index contributed by atoms with van der Waals surface area (Å²) in [5, 5.41) is 36.9. The number of aliphatic carboxylic acids is 3. The van der Waals surface area contributed by atoms with Crippen LogP contribution in [-0.4, -0.2) is 86.8 Å². The summed E-state index contributed by atoms with van der Waals surface area (Å²) in [6, 6.07) is 3.52. The molecule has 0 saturated carbocycles. The van der Waals surface area contributed by atoms with Crippen LogP contribution in [0.5, 0.6) is 0 Å². The Labute approximate surface area is 260 Å². The lowest BCUT2D eigenvalue weighted by Crippen LogP contribution is -2.58. The van der Waals surface area contributed by atoms with E-state index in [4.69, 9.17) is 10.2 Å². The van der Waals surface area contributed by atoms with Crippen molar-refractivity contribution >= 4 is 47.3 Å². The van der Waals surface area contributed by atoms with E-state index in [1.54, 1.807) is 13.8 Å². The van der Waals surface area contributed by atoms with E-state index in [9.17, 15) is 43.5 Å². The van der Waals surface area contributed by atoms with Crippen molar-refractivity contribution in [1.29, 1.82) is 0 Å². The molecule has 0 aliphatic carbocycles. The molecule has 45 heavy (non-hydrogen) atoms. The molecule has 15 heteroatoms. The SMILES string of the molecule is CC(=O)N[C@@H](CC(=O)O)C(=O)N[C@@H](CCC(=O)O)C(=O)NC(CC(C)C)C(=O)N[C@@H](CC(=O)O)C(=O)CCCc1ccccc1. The fraction of sp³-hybridized carbons (Fsp3) is 0.533. The van der Waals surface area contributed by atoms with Gasteiger partial charge in [0.1, 0.15) is 18.1 Å². The van der Waals surface area contributed by atoms with Gasteiger partial charge >= 0.3 is 17.9 Å². The number of aryl methyl sites for hydroxylation is 1. The van der Waals surface area contributed by atoms with Crippen molar-refractivity contribution < 1.29 is 53.7 Å². The van der Waals surface area contributed by atoms with Gasteiger partial charge in [0.05, 0.1) is 18.9 Å². The molecule has 15 nitrogen and oxygen atoms in total. The number of carboxylic acids is 3. The Morgan fingerprint density at radius 3 is 1.69 bits per heavy atom. The third-order valence-electron chi connectivity index (χ3n) is 6.51. The molecule has 0 bridgehead atoms. The van der Waals surface area contributed by atoms with Gasteiger partial charge in [0, 0.05) is 19.8 Å². The fourth-order valence-corrected chi connectivity index (χ4v) is 4.39. The average Bonchev–Trinajstić information content (AvgIpc) is 2.93. The standard InChI is InChI=1S/C30H42N4O11/c1-17(2)14-22(29(44)33-21(15-26(39)40)24(36)11-7-10-19-8-5-4-6-9-19)34-28(43)20(12-13-25(37)38)32-30(45)23(16-27(41)42)31-18(3)35/h4-6,8-9,17,20-23H,7,10-16H2,1-3H3,(H,31,35)(H,32,45)(H,33,44)(H,34,43)(H,37,38)(H,39,40)(H,41,42)/t20-,21-,22?,23-/m0/s1. The number of carbonyl (C=O) groups excluding carboxylic acids is 5. The van der Waals surface area contributed by atoms with E-state index in [1.807, 2.05) is 30.3 Å². The maximum absolute atomic E-state index is 13.3. The van der Waals surface area contributed by atoms with Crippen LogP contribution in [-0.2, 0) is 44.8 Å². The highest BCUT2D eigenvalue weighted by Gasteiger charge is 2.32. The quantitative estimate of drug-likeness (QED) is 0.0975. The van der Waals surface area contributed by atoms with Crippen LogP contribution in [0, 0.1) is 5.92 Å². The number of hydrogen-bond donors (Lipinski definition) is 7.